The van der Waals surface area contributed by atoms with E-state index in [1.165, 1.54) is 0 Å². The number of aryl methyl sites for hydroxylation is 1. The Morgan fingerprint density at radius 3 is 2.75 bits per heavy atom. The summed E-state index contributed by atoms with van der Waals surface area (Å²) in [6.45, 7) is 2.36. The highest BCUT2D eigenvalue weighted by Gasteiger charge is 2.08. The normalized spacial score (nSPS) is 12.0. The van der Waals surface area contributed by atoms with Crippen LogP contribution in [-0.2, 0) is 0 Å². The number of methoxy groups -OCH3 is 1. The minimum Gasteiger partial charge on any atom is -0.497 e. The average molecular weight is 292 g/mol. The van der Waals surface area contributed by atoms with E-state index in [2.05, 4.69) is 5.32 Å². The van der Waals surface area contributed by atoms with Crippen LogP contribution >= 0.6 is 11.6 Å². The van der Waals surface area contributed by atoms with E-state index >= 15 is 0 Å². The molecule has 3 nitrogen and oxygen atoms in total. The quantitative estimate of drug-likeness (QED) is 0.880. The molecule has 0 fully saturated rings. The van der Waals surface area contributed by atoms with Gasteiger partial charge in [-0.3, -0.25) is 0 Å². The number of hydrogen-bond acceptors (Lipinski definition) is 3. The van der Waals surface area contributed by atoms with Gasteiger partial charge < -0.3 is 15.2 Å². The van der Waals surface area contributed by atoms with Crippen molar-refractivity contribution in [3.05, 3.63) is 58.6 Å². The van der Waals surface area contributed by atoms with Crippen molar-refractivity contribution >= 4 is 17.3 Å². The van der Waals surface area contributed by atoms with Crippen molar-refractivity contribution in [2.45, 2.75) is 13.0 Å². The SMILES string of the molecule is COc1cccc(C(O)CNc2ccc(C)c(Cl)c2)c1. The molecule has 1 unspecified atom stereocenters. The van der Waals surface area contributed by atoms with Gasteiger partial charge in [-0.05, 0) is 42.3 Å². The summed E-state index contributed by atoms with van der Waals surface area (Å²) >= 11 is 6.07. The number of ether oxygens (including phenoxy) is 1. The van der Waals surface area contributed by atoms with Gasteiger partial charge in [-0.2, -0.15) is 0 Å². The molecule has 0 aliphatic heterocycles. The summed E-state index contributed by atoms with van der Waals surface area (Å²) in [5, 5.41) is 14.1. The topological polar surface area (TPSA) is 41.5 Å². The van der Waals surface area contributed by atoms with Crippen LogP contribution in [0.3, 0.4) is 0 Å². The van der Waals surface area contributed by atoms with E-state index in [0.717, 1.165) is 22.6 Å². The zero-order valence-corrected chi connectivity index (χ0v) is 12.3. The Morgan fingerprint density at radius 2 is 2.05 bits per heavy atom. The van der Waals surface area contributed by atoms with E-state index in [1.807, 2.05) is 49.4 Å². The molecule has 0 spiro atoms. The van der Waals surface area contributed by atoms with Crippen molar-refractivity contribution < 1.29 is 9.84 Å². The summed E-state index contributed by atoms with van der Waals surface area (Å²) in [6.07, 6.45) is -0.606. The molecule has 0 saturated heterocycles. The van der Waals surface area contributed by atoms with Gasteiger partial charge in [0.25, 0.3) is 0 Å². The lowest BCUT2D eigenvalue weighted by Gasteiger charge is -2.14. The van der Waals surface area contributed by atoms with Crippen LogP contribution in [0.5, 0.6) is 5.75 Å². The zero-order chi connectivity index (χ0) is 14.5. The number of benzene rings is 2. The molecule has 0 saturated carbocycles. The van der Waals surface area contributed by atoms with Crippen LogP contribution in [0, 0.1) is 6.92 Å². The Balaban J connectivity index is 2.00. The predicted molar refractivity (Wildman–Crippen MR) is 82.6 cm³/mol. The molecular weight excluding hydrogens is 274 g/mol. The molecule has 0 radical (unpaired) electrons. The van der Waals surface area contributed by atoms with Gasteiger partial charge in [0, 0.05) is 17.3 Å². The number of rotatable bonds is 5. The van der Waals surface area contributed by atoms with Crippen molar-refractivity contribution in [2.75, 3.05) is 19.0 Å². The maximum Gasteiger partial charge on any atom is 0.119 e. The highest BCUT2D eigenvalue weighted by molar-refractivity contribution is 6.31. The third kappa shape index (κ3) is 3.65. The standard InChI is InChI=1S/C16H18ClNO2/c1-11-6-7-13(9-15(11)17)18-10-16(19)12-4-3-5-14(8-12)20-2/h3-9,16,18-19H,10H2,1-2H3. The third-order valence-corrected chi connectivity index (χ3v) is 3.56. The fraction of sp³-hybridized carbons (Fsp3) is 0.250. The van der Waals surface area contributed by atoms with Gasteiger partial charge in [-0.1, -0.05) is 29.8 Å². The largest absolute Gasteiger partial charge is 0.497 e. The minimum absolute atomic E-state index is 0.409. The summed E-state index contributed by atoms with van der Waals surface area (Å²) in [5.41, 5.74) is 2.74. The number of hydrogen-bond donors (Lipinski definition) is 2. The van der Waals surface area contributed by atoms with Crippen molar-refractivity contribution in [1.82, 2.24) is 0 Å². The highest BCUT2D eigenvalue weighted by atomic mass is 35.5. The second-order valence-electron chi connectivity index (χ2n) is 4.64. The lowest BCUT2D eigenvalue weighted by atomic mass is 10.1. The highest BCUT2D eigenvalue weighted by Crippen LogP contribution is 2.22. The monoisotopic (exact) mass is 291 g/mol. The second kappa shape index (κ2) is 6.64. The number of anilines is 1. The van der Waals surface area contributed by atoms with Gasteiger partial charge in [0.1, 0.15) is 5.75 Å². The Labute approximate surface area is 124 Å². The predicted octanol–water partition coefficient (Wildman–Crippen LogP) is 3.80. The van der Waals surface area contributed by atoms with Gasteiger partial charge in [0.2, 0.25) is 0 Å². The molecule has 2 rings (SSSR count). The van der Waals surface area contributed by atoms with Gasteiger partial charge in [-0.25, -0.2) is 0 Å². The first-order valence-electron chi connectivity index (χ1n) is 6.42. The number of halogens is 1. The molecule has 0 aromatic heterocycles. The molecule has 0 aliphatic rings. The van der Waals surface area contributed by atoms with Gasteiger partial charge in [-0.15, -0.1) is 0 Å². The smallest absolute Gasteiger partial charge is 0.119 e. The molecule has 2 aromatic rings. The summed E-state index contributed by atoms with van der Waals surface area (Å²) in [7, 11) is 1.61. The fourth-order valence-electron chi connectivity index (χ4n) is 1.88. The summed E-state index contributed by atoms with van der Waals surface area (Å²) in [5.74, 6) is 0.736. The Bertz CT molecular complexity index is 586. The van der Waals surface area contributed by atoms with Gasteiger partial charge in [0.05, 0.1) is 13.2 Å². The zero-order valence-electron chi connectivity index (χ0n) is 11.6. The number of nitrogens with one attached hydrogen (secondary N) is 1. The Morgan fingerprint density at radius 1 is 1.25 bits per heavy atom. The van der Waals surface area contributed by atoms with E-state index in [1.54, 1.807) is 7.11 Å². The van der Waals surface area contributed by atoms with Crippen LogP contribution in [0.2, 0.25) is 5.02 Å². The number of aliphatic hydroxyl groups excluding tert-OH is 1. The molecule has 0 amide bonds. The van der Waals surface area contributed by atoms with Crippen molar-refractivity contribution in [3.63, 3.8) is 0 Å². The molecule has 1 atom stereocenters. The molecule has 0 aliphatic carbocycles. The lowest BCUT2D eigenvalue weighted by molar-refractivity contribution is 0.191. The molecule has 4 heteroatoms. The van der Waals surface area contributed by atoms with E-state index in [0.29, 0.717) is 11.6 Å². The van der Waals surface area contributed by atoms with Crippen LogP contribution in [-0.4, -0.2) is 18.8 Å². The van der Waals surface area contributed by atoms with E-state index in [4.69, 9.17) is 16.3 Å². The first-order valence-corrected chi connectivity index (χ1v) is 6.80. The molecule has 106 valence electrons. The summed E-state index contributed by atoms with van der Waals surface area (Å²) in [4.78, 5) is 0. The third-order valence-electron chi connectivity index (χ3n) is 3.15. The fourth-order valence-corrected chi connectivity index (χ4v) is 2.06. The first-order chi connectivity index (χ1) is 9.60. The van der Waals surface area contributed by atoms with Crippen LogP contribution in [0.4, 0.5) is 5.69 Å². The maximum absolute atomic E-state index is 10.2. The van der Waals surface area contributed by atoms with Gasteiger partial charge >= 0.3 is 0 Å². The Kier molecular flexibility index (Phi) is 4.88. The summed E-state index contributed by atoms with van der Waals surface area (Å²) < 4.78 is 5.15. The Hall–Kier alpha value is -1.71. The van der Waals surface area contributed by atoms with E-state index in [-0.39, 0.29) is 0 Å². The molecule has 0 bridgehead atoms. The molecular formula is C16H18ClNO2. The first kappa shape index (κ1) is 14.7. The lowest BCUT2D eigenvalue weighted by Crippen LogP contribution is -2.12. The van der Waals surface area contributed by atoms with Crippen molar-refractivity contribution in [1.29, 1.82) is 0 Å². The van der Waals surface area contributed by atoms with E-state index in [9.17, 15) is 5.11 Å². The molecule has 2 N–H and O–H groups in total. The van der Waals surface area contributed by atoms with Crippen molar-refractivity contribution in [3.8, 4) is 5.75 Å². The van der Waals surface area contributed by atoms with Crippen LogP contribution < -0.4 is 10.1 Å². The molecule has 0 heterocycles. The maximum atomic E-state index is 10.2. The average Bonchev–Trinajstić information content (AvgIpc) is 2.48. The van der Waals surface area contributed by atoms with Gasteiger partial charge in [0.15, 0.2) is 0 Å². The second-order valence-corrected chi connectivity index (χ2v) is 5.04. The minimum atomic E-state index is -0.606. The van der Waals surface area contributed by atoms with Crippen molar-refractivity contribution in [2.24, 2.45) is 0 Å². The molecule has 20 heavy (non-hydrogen) atoms. The van der Waals surface area contributed by atoms with Crippen LogP contribution in [0.15, 0.2) is 42.5 Å². The van der Waals surface area contributed by atoms with Crippen LogP contribution in [0.1, 0.15) is 17.2 Å². The summed E-state index contributed by atoms with van der Waals surface area (Å²) in [6, 6.07) is 13.2. The van der Waals surface area contributed by atoms with Crippen LogP contribution in [0.25, 0.3) is 0 Å². The number of aliphatic hydroxyl groups is 1. The molecule has 2 aromatic carbocycles. The van der Waals surface area contributed by atoms with E-state index < -0.39 is 6.10 Å².